The molecule has 0 saturated carbocycles. The molecule has 0 spiro atoms. The molecule has 6 heteroatoms. The predicted molar refractivity (Wildman–Crippen MR) is 109 cm³/mol. The molecule has 0 aliphatic heterocycles. The number of aromatic nitrogens is 1. The Bertz CT molecular complexity index is 1030. The van der Waals surface area contributed by atoms with Crippen molar-refractivity contribution in [3.63, 3.8) is 0 Å². The van der Waals surface area contributed by atoms with Crippen LogP contribution in [0.3, 0.4) is 0 Å². The third kappa shape index (κ3) is 3.66. The third-order valence-corrected chi connectivity index (χ3v) is 6.16. The zero-order valence-electron chi connectivity index (χ0n) is 14.7. The summed E-state index contributed by atoms with van der Waals surface area (Å²) >= 11 is 7.53. The van der Waals surface area contributed by atoms with Crippen molar-refractivity contribution in [3.8, 4) is 10.4 Å². The summed E-state index contributed by atoms with van der Waals surface area (Å²) in [6, 6.07) is 13.7. The topological polar surface area (TPSA) is 59.1 Å². The van der Waals surface area contributed by atoms with Crippen LogP contribution < -0.4 is 5.32 Å². The van der Waals surface area contributed by atoms with E-state index in [1.165, 1.54) is 23.8 Å². The molecule has 1 aliphatic carbocycles. The van der Waals surface area contributed by atoms with E-state index in [1.54, 1.807) is 6.20 Å². The number of Topliss-reactive ketones (excluding diaryl/α,β-unsaturated/α-hetero) is 1. The zero-order chi connectivity index (χ0) is 19.0. The molecule has 0 fully saturated rings. The van der Waals surface area contributed by atoms with Crippen LogP contribution in [0.25, 0.3) is 10.4 Å². The monoisotopic (exact) mass is 396 g/mol. The minimum Gasteiger partial charge on any atom is -0.311 e. The number of benzene rings is 1. The number of halogens is 1. The Morgan fingerprint density at radius 2 is 2.00 bits per heavy atom. The lowest BCUT2D eigenvalue weighted by atomic mass is 9.82. The van der Waals surface area contributed by atoms with Gasteiger partial charge < -0.3 is 5.32 Å². The Kier molecular flexibility index (Phi) is 4.81. The maximum atomic E-state index is 12.5. The standard InChI is InChI=1S/C21H17ClN2O2S/c1-12(25)24-20-10-14(8-9-23-20)19-11-17-16(6-7-18(26)21(17)27-19)13-2-4-15(22)5-3-13/h2-5,8-11,16H,6-7H2,1H3,(H,23,24,25). The fourth-order valence-corrected chi connectivity index (χ4v) is 4.75. The Hall–Kier alpha value is -2.50. The van der Waals surface area contributed by atoms with E-state index >= 15 is 0 Å². The molecule has 0 bridgehead atoms. The van der Waals surface area contributed by atoms with Crippen LogP contribution in [-0.2, 0) is 4.79 Å². The van der Waals surface area contributed by atoms with E-state index in [9.17, 15) is 9.59 Å². The fraction of sp³-hybridized carbons (Fsp3) is 0.190. The number of anilines is 1. The number of carbonyl (C=O) groups excluding carboxylic acids is 2. The second kappa shape index (κ2) is 7.25. The van der Waals surface area contributed by atoms with Gasteiger partial charge in [0.25, 0.3) is 0 Å². The van der Waals surface area contributed by atoms with Gasteiger partial charge in [-0.15, -0.1) is 11.3 Å². The van der Waals surface area contributed by atoms with E-state index in [4.69, 9.17) is 11.6 Å². The summed E-state index contributed by atoms with van der Waals surface area (Å²) in [7, 11) is 0. The lowest BCUT2D eigenvalue weighted by molar-refractivity contribution is -0.114. The van der Waals surface area contributed by atoms with Gasteiger partial charge in [-0.1, -0.05) is 23.7 Å². The summed E-state index contributed by atoms with van der Waals surface area (Å²) in [5.74, 6) is 0.731. The summed E-state index contributed by atoms with van der Waals surface area (Å²) in [4.78, 5) is 29.8. The third-order valence-electron chi connectivity index (χ3n) is 4.67. The number of hydrogen-bond donors (Lipinski definition) is 1. The zero-order valence-corrected chi connectivity index (χ0v) is 16.2. The molecule has 0 saturated heterocycles. The molecule has 1 aliphatic rings. The van der Waals surface area contributed by atoms with Gasteiger partial charge in [0.15, 0.2) is 5.78 Å². The molecule has 4 rings (SSSR count). The molecule has 2 aromatic heterocycles. The van der Waals surface area contributed by atoms with Crippen molar-refractivity contribution in [2.24, 2.45) is 0 Å². The van der Waals surface area contributed by atoms with Crippen molar-refractivity contribution in [2.45, 2.75) is 25.7 Å². The van der Waals surface area contributed by atoms with Crippen molar-refractivity contribution in [1.82, 2.24) is 4.98 Å². The van der Waals surface area contributed by atoms with Crippen LogP contribution in [-0.4, -0.2) is 16.7 Å². The van der Waals surface area contributed by atoms with Crippen LogP contribution in [0.5, 0.6) is 0 Å². The number of thiophene rings is 1. The van der Waals surface area contributed by atoms with Gasteiger partial charge in [0, 0.05) is 35.4 Å². The Morgan fingerprint density at radius 1 is 1.22 bits per heavy atom. The number of nitrogens with one attached hydrogen (secondary N) is 1. The normalized spacial score (nSPS) is 16.1. The summed E-state index contributed by atoms with van der Waals surface area (Å²) in [6.07, 6.45) is 3.02. The average Bonchev–Trinajstić information content (AvgIpc) is 3.09. The largest absolute Gasteiger partial charge is 0.311 e. The first kappa shape index (κ1) is 17.9. The van der Waals surface area contributed by atoms with Crippen molar-refractivity contribution < 1.29 is 9.59 Å². The van der Waals surface area contributed by atoms with Gasteiger partial charge >= 0.3 is 0 Å². The molecule has 1 unspecified atom stereocenters. The van der Waals surface area contributed by atoms with Gasteiger partial charge in [-0.2, -0.15) is 0 Å². The van der Waals surface area contributed by atoms with Crippen molar-refractivity contribution in [1.29, 1.82) is 0 Å². The smallest absolute Gasteiger partial charge is 0.222 e. The molecule has 2 heterocycles. The summed E-state index contributed by atoms with van der Waals surface area (Å²) in [5, 5.41) is 3.41. The van der Waals surface area contributed by atoms with Crippen LogP contribution in [0.15, 0.2) is 48.7 Å². The molecule has 1 amide bonds. The predicted octanol–water partition coefficient (Wildman–Crippen LogP) is 5.53. The molecular weight excluding hydrogens is 380 g/mol. The van der Waals surface area contributed by atoms with Gasteiger partial charge in [0.1, 0.15) is 5.82 Å². The van der Waals surface area contributed by atoms with Gasteiger partial charge in [-0.05, 0) is 53.4 Å². The minimum absolute atomic E-state index is 0.164. The molecule has 1 N–H and O–H groups in total. The maximum absolute atomic E-state index is 12.5. The number of ketones is 1. The van der Waals surface area contributed by atoms with E-state index in [0.717, 1.165) is 27.3 Å². The van der Waals surface area contributed by atoms with Crippen LogP contribution in [0.2, 0.25) is 5.02 Å². The summed E-state index contributed by atoms with van der Waals surface area (Å²) in [6.45, 7) is 1.45. The highest BCUT2D eigenvalue weighted by Gasteiger charge is 2.29. The lowest BCUT2D eigenvalue weighted by Crippen LogP contribution is -2.13. The van der Waals surface area contributed by atoms with Crippen molar-refractivity contribution in [3.05, 3.63) is 69.7 Å². The van der Waals surface area contributed by atoms with Crippen LogP contribution in [0.1, 0.15) is 46.5 Å². The number of pyridine rings is 1. The average molecular weight is 397 g/mol. The fourth-order valence-electron chi connectivity index (χ4n) is 3.44. The molecule has 3 aromatic rings. The molecule has 1 atom stereocenters. The van der Waals surface area contributed by atoms with E-state index in [-0.39, 0.29) is 17.6 Å². The van der Waals surface area contributed by atoms with Crippen LogP contribution in [0.4, 0.5) is 5.82 Å². The minimum atomic E-state index is -0.164. The van der Waals surface area contributed by atoms with E-state index in [2.05, 4.69) is 16.4 Å². The molecule has 27 heavy (non-hydrogen) atoms. The van der Waals surface area contributed by atoms with Crippen LogP contribution >= 0.6 is 22.9 Å². The second-order valence-electron chi connectivity index (χ2n) is 6.57. The van der Waals surface area contributed by atoms with Crippen molar-refractivity contribution >= 4 is 40.4 Å². The first-order valence-electron chi connectivity index (χ1n) is 8.67. The van der Waals surface area contributed by atoms with Gasteiger partial charge in [0.2, 0.25) is 5.91 Å². The Balaban J connectivity index is 1.74. The first-order chi connectivity index (χ1) is 13.0. The maximum Gasteiger partial charge on any atom is 0.222 e. The second-order valence-corrected chi connectivity index (χ2v) is 8.06. The molecule has 4 nitrogen and oxygen atoms in total. The summed E-state index contributed by atoms with van der Waals surface area (Å²) < 4.78 is 0. The van der Waals surface area contributed by atoms with E-state index < -0.39 is 0 Å². The number of hydrogen-bond acceptors (Lipinski definition) is 4. The first-order valence-corrected chi connectivity index (χ1v) is 9.87. The number of nitrogens with zero attached hydrogens (tertiary/aromatic N) is 1. The quantitative estimate of drug-likeness (QED) is 0.633. The number of rotatable bonds is 3. The summed E-state index contributed by atoms with van der Waals surface area (Å²) in [5.41, 5.74) is 3.19. The number of carbonyl (C=O) groups is 2. The van der Waals surface area contributed by atoms with E-state index in [1.807, 2.05) is 36.4 Å². The number of amides is 1. The van der Waals surface area contributed by atoms with E-state index in [0.29, 0.717) is 17.3 Å². The molecule has 136 valence electrons. The highest BCUT2D eigenvalue weighted by Crippen LogP contribution is 2.44. The van der Waals surface area contributed by atoms with Gasteiger partial charge in [-0.3, -0.25) is 9.59 Å². The Morgan fingerprint density at radius 3 is 2.74 bits per heavy atom. The van der Waals surface area contributed by atoms with Crippen LogP contribution in [0, 0.1) is 0 Å². The lowest BCUT2D eigenvalue weighted by Gasteiger charge is -2.22. The molecular formula is C21H17ClN2O2S. The number of fused-ring (bicyclic) bond motifs is 1. The SMILES string of the molecule is CC(=O)Nc1cc(-c2cc3c(s2)C(=O)CCC3c2ccc(Cl)cc2)ccn1. The van der Waals surface area contributed by atoms with Gasteiger partial charge in [0.05, 0.1) is 4.88 Å². The highest BCUT2D eigenvalue weighted by molar-refractivity contribution is 7.17. The Labute approximate surface area is 166 Å². The van der Waals surface area contributed by atoms with Gasteiger partial charge in [-0.25, -0.2) is 4.98 Å². The van der Waals surface area contributed by atoms with Crippen molar-refractivity contribution in [2.75, 3.05) is 5.32 Å². The highest BCUT2D eigenvalue weighted by atomic mass is 35.5. The molecule has 1 aromatic carbocycles. The molecule has 0 radical (unpaired) electrons.